The van der Waals surface area contributed by atoms with E-state index in [2.05, 4.69) is 121 Å². The minimum Gasteiger partial charge on any atom is -0.152 e. The van der Waals surface area contributed by atoms with Crippen molar-refractivity contribution in [3.63, 3.8) is 0 Å². The quantitative estimate of drug-likeness (QED) is 0.161. The smallest absolute Gasteiger partial charge is 0.0188 e. The third-order valence-electron chi connectivity index (χ3n) is 8.07. The Morgan fingerprint density at radius 3 is 0.727 bits per heavy atom. The lowest BCUT2D eigenvalue weighted by Crippen LogP contribution is -1.90. The molecule has 0 saturated carbocycles. The second-order valence-corrected chi connectivity index (χ2v) is 15.6. The molecule has 0 unspecified atom stereocenters. The van der Waals surface area contributed by atoms with Gasteiger partial charge in [0.25, 0.3) is 0 Å². The van der Waals surface area contributed by atoms with Gasteiger partial charge in [0.05, 0.1) is 0 Å². The van der Waals surface area contributed by atoms with Crippen molar-refractivity contribution in [3.05, 3.63) is 166 Å². The molecular weight excluding hydrogens is 609 g/mol. The highest BCUT2D eigenvalue weighted by Gasteiger charge is 2.06. The first-order valence-electron chi connectivity index (χ1n) is 15.2. The average molecular weight is 645 g/mol. The zero-order valence-corrected chi connectivity index (χ0v) is 28.1. The Balaban J connectivity index is 1.09. The number of benzene rings is 6. The molecule has 12 bridgehead atoms. The van der Waals surface area contributed by atoms with Crippen molar-refractivity contribution in [2.24, 2.45) is 0 Å². The van der Waals surface area contributed by atoms with Crippen molar-refractivity contribution in [1.29, 1.82) is 0 Å². The van der Waals surface area contributed by atoms with Gasteiger partial charge in [-0.05, 0) is 66.1 Å². The standard InChI is InChI=1S/C40H36S4/c1-3-29-15-30(4-1)22-42-26-34-8-12-40-20-36(10-14-38(40)18-34)28-44-24-32-6-2-5-31(16-32)23-43-27-35-9-13-37-17-33(25-41-21-29)7-11-39(37)19-35/h1-20H,21-28H2. The van der Waals surface area contributed by atoms with Gasteiger partial charge in [-0.1, -0.05) is 121 Å². The third-order valence-corrected chi connectivity index (χ3v) is 12.4. The highest BCUT2D eigenvalue weighted by atomic mass is 32.2. The molecular formula is C40H36S4. The van der Waals surface area contributed by atoms with E-state index in [0.717, 1.165) is 46.0 Å². The van der Waals surface area contributed by atoms with Gasteiger partial charge in [-0.3, -0.25) is 0 Å². The Kier molecular flexibility index (Phi) is 9.90. The molecule has 220 valence electrons. The van der Waals surface area contributed by atoms with Crippen LogP contribution >= 0.6 is 47.0 Å². The molecule has 6 aromatic rings. The highest BCUT2D eigenvalue weighted by molar-refractivity contribution is 7.98. The molecule has 0 amide bonds. The van der Waals surface area contributed by atoms with Crippen LogP contribution in [-0.4, -0.2) is 0 Å². The summed E-state index contributed by atoms with van der Waals surface area (Å²) in [7, 11) is 0. The molecule has 44 heavy (non-hydrogen) atoms. The first-order chi connectivity index (χ1) is 21.7. The average Bonchev–Trinajstić information content (AvgIpc) is 3.05. The van der Waals surface area contributed by atoms with Crippen molar-refractivity contribution < 1.29 is 0 Å². The summed E-state index contributed by atoms with van der Waals surface area (Å²) in [5, 5.41) is 5.37. The summed E-state index contributed by atoms with van der Waals surface area (Å²) in [6.07, 6.45) is 0. The van der Waals surface area contributed by atoms with Gasteiger partial charge in [0.2, 0.25) is 0 Å². The van der Waals surface area contributed by atoms with Gasteiger partial charge in [-0.15, -0.1) is 0 Å². The van der Waals surface area contributed by atoms with Crippen LogP contribution in [0.4, 0.5) is 0 Å². The van der Waals surface area contributed by atoms with Gasteiger partial charge >= 0.3 is 0 Å². The lowest BCUT2D eigenvalue weighted by molar-refractivity contribution is 1.31. The molecule has 14 rings (SSSR count). The molecule has 0 aliphatic carbocycles. The lowest BCUT2D eigenvalue weighted by atomic mass is 10.1. The highest BCUT2D eigenvalue weighted by Crippen LogP contribution is 2.28. The van der Waals surface area contributed by atoms with Crippen LogP contribution in [-0.2, 0) is 46.0 Å². The summed E-state index contributed by atoms with van der Waals surface area (Å²) in [6.45, 7) is 0. The van der Waals surface area contributed by atoms with E-state index in [9.17, 15) is 0 Å². The Morgan fingerprint density at radius 2 is 0.477 bits per heavy atom. The SMILES string of the molecule is c1cc2cc(c1)CSCc1ccc3cc(ccc3c1)CSCc1cccc(c1)CSCc1ccc3cc(ccc3c1)CSC2. The minimum atomic E-state index is 1.04. The number of rotatable bonds is 0. The van der Waals surface area contributed by atoms with E-state index in [1.165, 1.54) is 66.1 Å². The van der Waals surface area contributed by atoms with E-state index in [0.29, 0.717) is 0 Å². The molecule has 0 saturated heterocycles. The first-order valence-corrected chi connectivity index (χ1v) is 19.9. The summed E-state index contributed by atoms with van der Waals surface area (Å²) in [5.74, 6) is 8.31. The zero-order chi connectivity index (χ0) is 29.6. The molecule has 8 heterocycles. The van der Waals surface area contributed by atoms with Gasteiger partial charge in [-0.25, -0.2) is 0 Å². The maximum atomic E-state index is 2.40. The predicted molar refractivity (Wildman–Crippen MR) is 201 cm³/mol. The van der Waals surface area contributed by atoms with Gasteiger partial charge in [0.1, 0.15) is 0 Å². The van der Waals surface area contributed by atoms with Crippen LogP contribution in [0.5, 0.6) is 0 Å². The second-order valence-electron chi connectivity index (χ2n) is 11.6. The fraction of sp³-hybridized carbons (Fsp3) is 0.200. The lowest BCUT2D eigenvalue weighted by Gasteiger charge is -2.09. The monoisotopic (exact) mass is 644 g/mol. The molecule has 0 atom stereocenters. The number of hydrogen-bond donors (Lipinski definition) is 0. The van der Waals surface area contributed by atoms with Gasteiger partial charge in [0.15, 0.2) is 0 Å². The van der Waals surface area contributed by atoms with Crippen LogP contribution in [0.15, 0.2) is 121 Å². The summed E-state index contributed by atoms with van der Waals surface area (Å²) >= 11 is 8.03. The van der Waals surface area contributed by atoms with E-state index in [-0.39, 0.29) is 0 Å². The second kappa shape index (κ2) is 14.6. The Labute approximate surface area is 278 Å². The predicted octanol–water partition coefficient (Wildman–Crippen LogP) is 12.0. The molecule has 0 spiro atoms. The van der Waals surface area contributed by atoms with Gasteiger partial charge < -0.3 is 0 Å². The number of hydrogen-bond acceptors (Lipinski definition) is 4. The van der Waals surface area contributed by atoms with Gasteiger partial charge in [-0.2, -0.15) is 47.0 Å². The van der Waals surface area contributed by atoms with E-state index in [4.69, 9.17) is 0 Å². The van der Waals surface area contributed by atoms with E-state index < -0.39 is 0 Å². The summed E-state index contributed by atoms with van der Waals surface area (Å²) in [5.41, 5.74) is 11.3. The van der Waals surface area contributed by atoms with Crippen molar-refractivity contribution in [2.75, 3.05) is 0 Å². The normalized spacial score (nSPS) is 15.1. The van der Waals surface area contributed by atoms with Crippen molar-refractivity contribution >= 4 is 68.6 Å². The summed E-state index contributed by atoms with van der Waals surface area (Å²) in [4.78, 5) is 0. The molecule has 0 fully saturated rings. The largest absolute Gasteiger partial charge is 0.152 e. The van der Waals surface area contributed by atoms with Crippen LogP contribution in [0.2, 0.25) is 0 Å². The maximum absolute atomic E-state index is 2.40. The maximum Gasteiger partial charge on any atom is 0.0188 e. The van der Waals surface area contributed by atoms with E-state index >= 15 is 0 Å². The van der Waals surface area contributed by atoms with Crippen molar-refractivity contribution in [2.45, 2.75) is 46.0 Å². The fourth-order valence-electron chi connectivity index (χ4n) is 5.81. The van der Waals surface area contributed by atoms with Crippen LogP contribution in [0.1, 0.15) is 44.5 Å². The Bertz CT molecular complexity index is 1630. The van der Waals surface area contributed by atoms with Crippen molar-refractivity contribution in [3.8, 4) is 0 Å². The van der Waals surface area contributed by atoms with Crippen LogP contribution in [0.3, 0.4) is 0 Å². The fourth-order valence-corrected chi connectivity index (χ4v) is 9.54. The van der Waals surface area contributed by atoms with Gasteiger partial charge in [0, 0.05) is 46.0 Å². The van der Waals surface area contributed by atoms with Crippen LogP contribution in [0, 0.1) is 0 Å². The summed E-state index contributed by atoms with van der Waals surface area (Å²) in [6, 6.07) is 46.3. The summed E-state index contributed by atoms with van der Waals surface area (Å²) < 4.78 is 0. The Morgan fingerprint density at radius 1 is 0.250 bits per heavy atom. The first kappa shape index (κ1) is 29.9. The number of thioether (sulfide) groups is 4. The van der Waals surface area contributed by atoms with Crippen LogP contribution < -0.4 is 0 Å². The van der Waals surface area contributed by atoms with Crippen molar-refractivity contribution in [1.82, 2.24) is 0 Å². The van der Waals surface area contributed by atoms with E-state index in [1.807, 2.05) is 47.0 Å². The van der Waals surface area contributed by atoms with E-state index in [1.54, 1.807) is 0 Å². The van der Waals surface area contributed by atoms with Crippen LogP contribution in [0.25, 0.3) is 21.5 Å². The molecule has 4 heteroatoms. The Hall–Kier alpha value is -2.76. The minimum absolute atomic E-state index is 1.04. The molecule has 8 aliphatic heterocycles. The molecule has 0 aromatic heterocycles. The zero-order valence-electron chi connectivity index (χ0n) is 24.8. The topological polar surface area (TPSA) is 0 Å². The molecule has 8 aliphatic rings. The molecule has 0 nitrogen and oxygen atoms in total. The molecule has 6 aromatic carbocycles. The third kappa shape index (κ3) is 7.90. The molecule has 0 N–H and O–H groups in total. The molecule has 0 radical (unpaired) electrons.